The number of benzene rings is 2. The molecule has 4 rings (SSSR count). The summed E-state index contributed by atoms with van der Waals surface area (Å²) in [5.41, 5.74) is 1.19. The molecule has 1 atom stereocenters. The van der Waals surface area contributed by atoms with E-state index in [4.69, 9.17) is 0 Å². The van der Waals surface area contributed by atoms with E-state index < -0.39 is 6.04 Å². The van der Waals surface area contributed by atoms with Gasteiger partial charge in [0, 0.05) is 10.9 Å². The summed E-state index contributed by atoms with van der Waals surface area (Å²) in [6.45, 7) is 1.51. The first kappa shape index (κ1) is 17.5. The molecule has 0 spiro atoms. The lowest BCUT2D eigenvalue weighted by molar-refractivity contribution is -0.122. The van der Waals surface area contributed by atoms with Crippen LogP contribution in [0.3, 0.4) is 0 Å². The number of aromatic amines is 1. The van der Waals surface area contributed by atoms with E-state index in [0.717, 1.165) is 10.9 Å². The molecule has 0 aliphatic rings. The van der Waals surface area contributed by atoms with Crippen LogP contribution in [0.15, 0.2) is 59.4 Å². The minimum atomic E-state index is -0.448. The van der Waals surface area contributed by atoms with Crippen molar-refractivity contribution in [2.24, 2.45) is 0 Å². The second-order valence-electron chi connectivity index (χ2n) is 6.28. The molecule has 2 aromatic carbocycles. The first-order valence-electron chi connectivity index (χ1n) is 8.71. The number of nitrogens with zero attached hydrogens (tertiary/aromatic N) is 5. The van der Waals surface area contributed by atoms with Crippen LogP contribution in [-0.4, -0.2) is 36.3 Å². The van der Waals surface area contributed by atoms with Crippen molar-refractivity contribution >= 4 is 16.7 Å². The van der Waals surface area contributed by atoms with E-state index in [1.165, 1.54) is 4.68 Å². The van der Waals surface area contributed by atoms with E-state index in [9.17, 15) is 9.59 Å². The minimum absolute atomic E-state index is 0.217. The molecule has 2 heterocycles. The van der Waals surface area contributed by atoms with Crippen LogP contribution in [0.2, 0.25) is 0 Å². The van der Waals surface area contributed by atoms with Crippen molar-refractivity contribution in [2.75, 3.05) is 0 Å². The van der Waals surface area contributed by atoms with Crippen molar-refractivity contribution < 1.29 is 4.79 Å². The number of aromatic nitrogens is 6. The smallest absolute Gasteiger partial charge is 0.275 e. The zero-order valence-corrected chi connectivity index (χ0v) is 15.0. The number of carbonyl (C=O) groups excluding carboxylic acids is 1. The largest absolute Gasteiger partial charge is 0.345 e. The highest BCUT2D eigenvalue weighted by molar-refractivity contribution is 5.93. The number of hydrogen-bond acceptors (Lipinski definition) is 6. The van der Waals surface area contributed by atoms with Crippen LogP contribution in [0.4, 0.5) is 0 Å². The van der Waals surface area contributed by atoms with Crippen molar-refractivity contribution in [3.05, 3.63) is 70.8 Å². The number of nitrogens with one attached hydrogen (secondary N) is 2. The maximum Gasteiger partial charge on any atom is 0.275 e. The van der Waals surface area contributed by atoms with Crippen molar-refractivity contribution in [1.82, 2.24) is 35.7 Å². The lowest BCUT2D eigenvalue weighted by Gasteiger charge is -2.13. The number of rotatable bonds is 5. The molecule has 0 unspecified atom stereocenters. The number of H-pyrrole nitrogens is 1. The van der Waals surface area contributed by atoms with Gasteiger partial charge in [-0.3, -0.25) is 9.59 Å². The summed E-state index contributed by atoms with van der Waals surface area (Å²) in [6.07, 6.45) is 0. The van der Waals surface area contributed by atoms with Crippen LogP contribution in [0.1, 0.15) is 18.8 Å². The fourth-order valence-electron chi connectivity index (χ4n) is 2.99. The lowest BCUT2D eigenvalue weighted by atomic mass is 10.1. The molecule has 0 aliphatic heterocycles. The molecule has 0 fully saturated rings. The topological polar surface area (TPSA) is 118 Å². The first-order valence-corrected chi connectivity index (χ1v) is 8.71. The monoisotopic (exact) mass is 375 g/mol. The van der Waals surface area contributed by atoms with E-state index in [0.29, 0.717) is 16.9 Å². The maximum atomic E-state index is 12.8. The Bertz CT molecular complexity index is 1170. The minimum Gasteiger partial charge on any atom is -0.345 e. The molecule has 9 heteroatoms. The van der Waals surface area contributed by atoms with Crippen molar-refractivity contribution in [3.63, 3.8) is 0 Å². The summed E-state index contributed by atoms with van der Waals surface area (Å²) in [4.78, 5) is 25.3. The summed E-state index contributed by atoms with van der Waals surface area (Å²) in [5, 5.41) is 22.0. The maximum absolute atomic E-state index is 12.8. The van der Waals surface area contributed by atoms with Gasteiger partial charge in [-0.05, 0) is 13.0 Å². The van der Waals surface area contributed by atoms with Gasteiger partial charge in [0.05, 0.1) is 17.1 Å². The molecule has 28 heavy (non-hydrogen) atoms. The van der Waals surface area contributed by atoms with Gasteiger partial charge in [-0.25, -0.2) is 4.68 Å². The van der Waals surface area contributed by atoms with Crippen LogP contribution in [0.25, 0.3) is 22.0 Å². The van der Waals surface area contributed by atoms with E-state index in [1.54, 1.807) is 19.1 Å². The molecule has 2 N–H and O–H groups in total. The summed E-state index contributed by atoms with van der Waals surface area (Å²) in [6, 6.07) is 16.4. The second-order valence-corrected chi connectivity index (χ2v) is 6.28. The molecule has 0 saturated carbocycles. The molecule has 9 nitrogen and oxygen atoms in total. The standard InChI is InChI=1S/C19H17N7O2/c1-12(18-21-24-25-22-18)20-16(27)11-26-19(28)15-10-6-5-9-14(15)17(23-26)13-7-3-2-4-8-13/h2-10,12H,11H2,1H3,(H,20,27)(H,21,22,24,25)/t12-/m1/s1. The predicted molar refractivity (Wildman–Crippen MR) is 102 cm³/mol. The average Bonchev–Trinajstić information content (AvgIpc) is 3.26. The average molecular weight is 375 g/mol. The van der Waals surface area contributed by atoms with E-state index >= 15 is 0 Å². The third kappa shape index (κ3) is 3.37. The van der Waals surface area contributed by atoms with Crippen LogP contribution in [-0.2, 0) is 11.3 Å². The van der Waals surface area contributed by atoms with Gasteiger partial charge in [0.25, 0.3) is 5.56 Å². The fourth-order valence-corrected chi connectivity index (χ4v) is 2.99. The molecule has 4 aromatic rings. The first-order chi connectivity index (χ1) is 13.6. The normalized spacial score (nSPS) is 12.0. The summed E-state index contributed by atoms with van der Waals surface area (Å²) >= 11 is 0. The third-order valence-electron chi connectivity index (χ3n) is 4.33. The Morgan fingerprint density at radius 2 is 1.82 bits per heavy atom. The Morgan fingerprint density at radius 3 is 2.54 bits per heavy atom. The highest BCUT2D eigenvalue weighted by Crippen LogP contribution is 2.24. The summed E-state index contributed by atoms with van der Waals surface area (Å²) < 4.78 is 1.18. The zero-order chi connectivity index (χ0) is 19.5. The number of tetrazole rings is 1. The van der Waals surface area contributed by atoms with E-state index in [1.807, 2.05) is 42.5 Å². The van der Waals surface area contributed by atoms with Gasteiger partial charge in [-0.2, -0.15) is 10.3 Å². The zero-order valence-electron chi connectivity index (χ0n) is 15.0. The van der Waals surface area contributed by atoms with Gasteiger partial charge in [-0.1, -0.05) is 53.7 Å². The summed E-state index contributed by atoms with van der Waals surface area (Å²) in [7, 11) is 0. The summed E-state index contributed by atoms with van der Waals surface area (Å²) in [5.74, 6) is -0.0154. The van der Waals surface area contributed by atoms with Crippen LogP contribution < -0.4 is 10.9 Å². The Labute approximate surface area is 159 Å². The molecule has 2 aromatic heterocycles. The molecule has 0 bridgehead atoms. The quantitative estimate of drug-likeness (QED) is 0.545. The van der Waals surface area contributed by atoms with Crippen LogP contribution >= 0.6 is 0 Å². The predicted octanol–water partition coefficient (Wildman–Crippen LogP) is 1.45. The Kier molecular flexibility index (Phi) is 4.63. The number of hydrogen-bond donors (Lipinski definition) is 2. The lowest BCUT2D eigenvalue weighted by Crippen LogP contribution is -2.35. The van der Waals surface area contributed by atoms with Crippen molar-refractivity contribution in [2.45, 2.75) is 19.5 Å². The molecule has 0 radical (unpaired) electrons. The van der Waals surface area contributed by atoms with E-state index in [2.05, 4.69) is 31.0 Å². The SMILES string of the molecule is C[C@@H](NC(=O)Cn1nc(-c2ccccc2)c2ccccc2c1=O)c1nn[nH]n1. The van der Waals surface area contributed by atoms with Gasteiger partial charge in [-0.15, -0.1) is 10.2 Å². The third-order valence-corrected chi connectivity index (χ3v) is 4.33. The van der Waals surface area contributed by atoms with Gasteiger partial charge in [0.15, 0.2) is 5.82 Å². The van der Waals surface area contributed by atoms with Gasteiger partial charge in [0.2, 0.25) is 5.91 Å². The number of carbonyl (C=O) groups is 1. The molecule has 140 valence electrons. The second kappa shape index (κ2) is 7.39. The highest BCUT2D eigenvalue weighted by atomic mass is 16.2. The fraction of sp³-hybridized carbons (Fsp3) is 0.158. The Morgan fingerprint density at radius 1 is 1.11 bits per heavy atom. The van der Waals surface area contributed by atoms with Crippen molar-refractivity contribution in [1.29, 1.82) is 0 Å². The molecular formula is C19H17N7O2. The van der Waals surface area contributed by atoms with Crippen molar-refractivity contribution in [3.8, 4) is 11.3 Å². The molecule has 0 aliphatic carbocycles. The molecule has 1 amide bonds. The number of amides is 1. The Balaban J connectivity index is 1.70. The molecule has 0 saturated heterocycles. The molecular weight excluding hydrogens is 358 g/mol. The highest BCUT2D eigenvalue weighted by Gasteiger charge is 2.17. The van der Waals surface area contributed by atoms with Crippen LogP contribution in [0, 0.1) is 0 Å². The van der Waals surface area contributed by atoms with E-state index in [-0.39, 0.29) is 18.0 Å². The van der Waals surface area contributed by atoms with Crippen LogP contribution in [0.5, 0.6) is 0 Å². The van der Waals surface area contributed by atoms with Gasteiger partial charge >= 0.3 is 0 Å². The number of fused-ring (bicyclic) bond motifs is 1. The van der Waals surface area contributed by atoms with Gasteiger partial charge < -0.3 is 5.32 Å². The van der Waals surface area contributed by atoms with Gasteiger partial charge in [0.1, 0.15) is 6.54 Å². The Hall–Kier alpha value is -3.88.